The second kappa shape index (κ2) is 9.54. The van der Waals surface area contributed by atoms with Crippen molar-refractivity contribution in [3.8, 4) is 0 Å². The van der Waals surface area contributed by atoms with E-state index in [2.05, 4.69) is 73.2 Å². The summed E-state index contributed by atoms with van der Waals surface area (Å²) < 4.78 is 16.2. The van der Waals surface area contributed by atoms with Gasteiger partial charge < -0.3 is 9.13 Å². The van der Waals surface area contributed by atoms with Crippen LogP contribution in [0.15, 0.2) is 30.6 Å². The lowest BCUT2D eigenvalue weighted by Crippen LogP contribution is -2.04. The molecule has 0 aliphatic carbocycles. The minimum atomic E-state index is -0.390. The molecule has 0 bridgehead atoms. The summed E-state index contributed by atoms with van der Waals surface area (Å²) >= 11 is 0. The molecule has 7 heteroatoms. The monoisotopic (exact) mass is 424 g/mol. The van der Waals surface area contributed by atoms with Gasteiger partial charge in [0.15, 0.2) is 11.3 Å². The summed E-state index contributed by atoms with van der Waals surface area (Å²) in [5.74, 6) is 1.88. The molecule has 0 aromatic carbocycles. The fourth-order valence-electron chi connectivity index (χ4n) is 3.57. The minimum absolute atomic E-state index is 0.324. The standard InChI is InChI=1S/C13H19N3.C11H14FN3/c1-8(2)11-6-7-12-13(15-11)16(9(3)4)10(5)14-12;1-8(2)9-3-4-10-11(14-9)15(6-5-12)7-13-10/h6-9H,1-5H3;3-4,7-8H,5-6H2,1-2H3. The van der Waals surface area contributed by atoms with Crippen LogP contribution in [0, 0.1) is 6.92 Å². The van der Waals surface area contributed by atoms with Gasteiger partial charge in [0.2, 0.25) is 0 Å². The molecule has 0 N–H and O–H groups in total. The molecule has 166 valence electrons. The van der Waals surface area contributed by atoms with Crippen molar-refractivity contribution in [1.82, 2.24) is 29.1 Å². The van der Waals surface area contributed by atoms with Gasteiger partial charge in [0.05, 0.1) is 12.9 Å². The molecule has 6 nitrogen and oxygen atoms in total. The van der Waals surface area contributed by atoms with Gasteiger partial charge in [-0.1, -0.05) is 27.7 Å². The predicted octanol–water partition coefficient (Wildman–Crippen LogP) is 5.97. The molecule has 4 heterocycles. The molecule has 0 atom stereocenters. The van der Waals surface area contributed by atoms with Crippen molar-refractivity contribution in [2.75, 3.05) is 6.67 Å². The van der Waals surface area contributed by atoms with Gasteiger partial charge >= 0.3 is 0 Å². The van der Waals surface area contributed by atoms with Crippen LogP contribution in [0.1, 0.15) is 76.6 Å². The Bertz CT molecular complexity index is 1160. The Morgan fingerprint density at radius 1 is 0.806 bits per heavy atom. The molecule has 0 fully saturated rings. The van der Waals surface area contributed by atoms with E-state index in [0.717, 1.165) is 39.5 Å². The highest BCUT2D eigenvalue weighted by atomic mass is 19.1. The normalized spacial score (nSPS) is 11.7. The molecule has 4 aromatic rings. The topological polar surface area (TPSA) is 61.4 Å². The third-order valence-corrected chi connectivity index (χ3v) is 5.24. The Morgan fingerprint density at radius 3 is 1.94 bits per heavy atom. The number of rotatable bonds is 5. The average molecular weight is 425 g/mol. The third kappa shape index (κ3) is 4.92. The predicted molar refractivity (Wildman–Crippen MR) is 124 cm³/mol. The van der Waals surface area contributed by atoms with Crippen LogP contribution in [0.25, 0.3) is 22.3 Å². The molecule has 0 saturated heterocycles. The first-order chi connectivity index (χ1) is 14.7. The minimum Gasteiger partial charge on any atom is -0.313 e. The van der Waals surface area contributed by atoms with Crippen LogP contribution in [0.2, 0.25) is 0 Å². The van der Waals surface area contributed by atoms with Gasteiger partial charge in [-0.05, 0) is 56.9 Å². The van der Waals surface area contributed by atoms with Gasteiger partial charge in [-0.2, -0.15) is 0 Å². The van der Waals surface area contributed by atoms with E-state index in [0.29, 0.717) is 24.4 Å². The molecule has 0 unspecified atom stereocenters. The quantitative estimate of drug-likeness (QED) is 0.396. The van der Waals surface area contributed by atoms with Crippen molar-refractivity contribution in [2.45, 2.75) is 72.9 Å². The SMILES string of the molecule is CC(C)c1ccc2ncn(CCF)c2n1.Cc1nc2ccc(C(C)C)nc2n1C(C)C. The highest BCUT2D eigenvalue weighted by Crippen LogP contribution is 2.22. The third-order valence-electron chi connectivity index (χ3n) is 5.24. The molecule has 0 saturated carbocycles. The van der Waals surface area contributed by atoms with Gasteiger partial charge in [-0.15, -0.1) is 0 Å². The molecule has 4 aromatic heterocycles. The Labute approximate surface area is 183 Å². The first-order valence-electron chi connectivity index (χ1n) is 11.0. The smallest absolute Gasteiger partial charge is 0.160 e. The number of aryl methyl sites for hydroxylation is 2. The fraction of sp³-hybridized carbons (Fsp3) is 0.500. The number of pyridine rings is 2. The van der Waals surface area contributed by atoms with Crippen molar-refractivity contribution < 1.29 is 4.39 Å². The molecule has 4 rings (SSSR count). The maximum atomic E-state index is 12.3. The van der Waals surface area contributed by atoms with E-state index in [-0.39, 0.29) is 6.67 Å². The van der Waals surface area contributed by atoms with Crippen LogP contribution >= 0.6 is 0 Å². The molecule has 0 radical (unpaired) electrons. The van der Waals surface area contributed by atoms with Gasteiger partial charge in [0, 0.05) is 17.4 Å². The molecular formula is C24H33FN6. The van der Waals surface area contributed by atoms with E-state index < -0.39 is 0 Å². The number of hydrogen-bond acceptors (Lipinski definition) is 4. The average Bonchev–Trinajstić information content (AvgIpc) is 3.27. The van der Waals surface area contributed by atoms with E-state index in [1.807, 2.05) is 19.1 Å². The first kappa shape index (κ1) is 22.8. The van der Waals surface area contributed by atoms with Crippen molar-refractivity contribution >= 4 is 22.3 Å². The summed E-state index contributed by atoms with van der Waals surface area (Å²) in [6.07, 6.45) is 1.64. The lowest BCUT2D eigenvalue weighted by atomic mass is 10.1. The summed E-state index contributed by atoms with van der Waals surface area (Å²) in [6, 6.07) is 8.46. The Kier molecular flexibility index (Phi) is 7.03. The maximum Gasteiger partial charge on any atom is 0.160 e. The number of alkyl halides is 1. The highest BCUT2D eigenvalue weighted by molar-refractivity contribution is 5.72. The summed E-state index contributed by atoms with van der Waals surface area (Å²) in [4.78, 5) is 17.9. The number of imidazole rings is 2. The Balaban J connectivity index is 0.000000176. The van der Waals surface area contributed by atoms with Crippen LogP contribution in [0.3, 0.4) is 0 Å². The Morgan fingerprint density at radius 2 is 1.39 bits per heavy atom. The molecule has 0 spiro atoms. The van der Waals surface area contributed by atoms with Crippen molar-refractivity contribution in [3.05, 3.63) is 47.8 Å². The van der Waals surface area contributed by atoms with Gasteiger partial charge in [0.1, 0.15) is 23.5 Å². The zero-order valence-corrected chi connectivity index (χ0v) is 19.6. The molecule has 0 amide bonds. The number of hydrogen-bond donors (Lipinski definition) is 0. The molecule has 31 heavy (non-hydrogen) atoms. The van der Waals surface area contributed by atoms with Crippen LogP contribution in [-0.4, -0.2) is 35.7 Å². The number of fused-ring (bicyclic) bond motifs is 2. The fourth-order valence-corrected chi connectivity index (χ4v) is 3.57. The van der Waals surface area contributed by atoms with Crippen LogP contribution < -0.4 is 0 Å². The Hall–Kier alpha value is -2.83. The van der Waals surface area contributed by atoms with Crippen molar-refractivity contribution in [2.24, 2.45) is 0 Å². The van der Waals surface area contributed by atoms with E-state index >= 15 is 0 Å². The van der Waals surface area contributed by atoms with E-state index in [9.17, 15) is 4.39 Å². The summed E-state index contributed by atoms with van der Waals surface area (Å²) in [7, 11) is 0. The molecule has 0 aliphatic rings. The zero-order chi connectivity index (χ0) is 22.7. The molecular weight excluding hydrogens is 391 g/mol. The van der Waals surface area contributed by atoms with Crippen LogP contribution in [0.5, 0.6) is 0 Å². The van der Waals surface area contributed by atoms with Gasteiger partial charge in [-0.25, -0.2) is 24.3 Å². The number of aromatic nitrogens is 6. The zero-order valence-electron chi connectivity index (χ0n) is 19.6. The lowest BCUT2D eigenvalue weighted by molar-refractivity contribution is 0.449. The summed E-state index contributed by atoms with van der Waals surface area (Å²) in [5, 5.41) is 0. The summed E-state index contributed by atoms with van der Waals surface area (Å²) in [5.41, 5.74) is 5.76. The van der Waals surface area contributed by atoms with Crippen LogP contribution in [-0.2, 0) is 6.54 Å². The maximum absolute atomic E-state index is 12.3. The van der Waals surface area contributed by atoms with E-state index in [1.165, 1.54) is 0 Å². The highest BCUT2D eigenvalue weighted by Gasteiger charge is 2.12. The van der Waals surface area contributed by atoms with Crippen molar-refractivity contribution in [3.63, 3.8) is 0 Å². The number of halogens is 1. The van der Waals surface area contributed by atoms with Crippen LogP contribution in [0.4, 0.5) is 4.39 Å². The summed E-state index contributed by atoms with van der Waals surface area (Å²) in [6.45, 7) is 14.8. The van der Waals surface area contributed by atoms with Crippen molar-refractivity contribution in [1.29, 1.82) is 0 Å². The van der Waals surface area contributed by atoms with Gasteiger partial charge in [0.25, 0.3) is 0 Å². The largest absolute Gasteiger partial charge is 0.313 e. The number of nitrogens with zero attached hydrogens (tertiary/aromatic N) is 6. The first-order valence-corrected chi connectivity index (χ1v) is 11.0. The van der Waals surface area contributed by atoms with Gasteiger partial charge in [-0.3, -0.25) is 0 Å². The van der Waals surface area contributed by atoms with E-state index in [1.54, 1.807) is 10.9 Å². The van der Waals surface area contributed by atoms with E-state index in [4.69, 9.17) is 4.98 Å². The second-order valence-corrected chi connectivity index (χ2v) is 8.72. The lowest BCUT2D eigenvalue weighted by Gasteiger charge is -2.11. The second-order valence-electron chi connectivity index (χ2n) is 8.72. The molecule has 0 aliphatic heterocycles.